The summed E-state index contributed by atoms with van der Waals surface area (Å²) in [4.78, 5) is 62.4. The Bertz CT molecular complexity index is 1820. The molecule has 1 aliphatic rings. The second kappa shape index (κ2) is 10.6. The molecule has 204 valence electrons. The number of nitrogens with zero attached hydrogens (tertiary/aromatic N) is 3. The van der Waals surface area contributed by atoms with Crippen LogP contribution in [0.2, 0.25) is 0 Å². The Labute approximate surface area is 233 Å². The average molecular weight is 550 g/mol. The molecule has 0 aliphatic carbocycles. The zero-order chi connectivity index (χ0) is 28.5. The first-order valence-electron chi connectivity index (χ1n) is 13.0. The van der Waals surface area contributed by atoms with E-state index in [1.165, 1.54) is 17.2 Å². The number of hydrogen-bond acceptors (Lipinski definition) is 5. The Balaban J connectivity index is 1.20. The van der Waals surface area contributed by atoms with Crippen LogP contribution in [-0.2, 0) is 4.79 Å². The summed E-state index contributed by atoms with van der Waals surface area (Å²) in [5.74, 6) is -2.79. The minimum absolute atomic E-state index is 0.0932. The van der Waals surface area contributed by atoms with Crippen LogP contribution in [0.4, 0.5) is 10.2 Å². The number of anilines is 1. The Hall–Kier alpha value is -5.38. The number of piperazine rings is 1. The van der Waals surface area contributed by atoms with E-state index < -0.39 is 23.4 Å². The molecule has 41 heavy (non-hydrogen) atoms. The molecule has 3 aromatic carbocycles. The van der Waals surface area contributed by atoms with Crippen molar-refractivity contribution in [3.8, 4) is 0 Å². The van der Waals surface area contributed by atoms with Gasteiger partial charge in [0.15, 0.2) is 0 Å². The van der Waals surface area contributed by atoms with Gasteiger partial charge in [-0.2, -0.15) is 0 Å². The highest BCUT2D eigenvalue weighted by molar-refractivity contribution is 6.45. The number of Topliss-reactive ketones (excluding diaryl/α,β-unsaturated/α-hetero) is 1. The minimum Gasteiger partial charge on any atom is -0.360 e. The van der Waals surface area contributed by atoms with E-state index in [1.54, 1.807) is 35.4 Å². The summed E-state index contributed by atoms with van der Waals surface area (Å²) >= 11 is 0. The number of rotatable bonds is 5. The molecule has 0 saturated carbocycles. The number of aromatic nitrogens is 2. The number of ketones is 1. The third-order valence-corrected chi connectivity index (χ3v) is 7.25. The maximum Gasteiger partial charge on any atom is 0.295 e. The van der Waals surface area contributed by atoms with E-state index in [4.69, 9.17) is 0 Å². The lowest BCUT2D eigenvalue weighted by atomic mass is 10.0. The fourth-order valence-electron chi connectivity index (χ4n) is 5.10. The number of fused-ring (bicyclic) bond motifs is 2. The van der Waals surface area contributed by atoms with E-state index >= 15 is 4.39 Å². The Morgan fingerprint density at radius 2 is 1.51 bits per heavy atom. The number of H-pyrrole nitrogens is 1. The Morgan fingerprint density at radius 1 is 0.805 bits per heavy atom. The zero-order valence-electron chi connectivity index (χ0n) is 21.8. The molecule has 1 saturated heterocycles. The molecular weight excluding hydrogens is 525 g/mol. The van der Waals surface area contributed by atoms with Crippen molar-refractivity contribution in [3.05, 3.63) is 108 Å². The largest absolute Gasteiger partial charge is 0.360 e. The third-order valence-electron chi connectivity index (χ3n) is 7.25. The molecular formula is C31H24FN5O4. The molecule has 0 radical (unpaired) electrons. The molecule has 10 heteroatoms. The van der Waals surface area contributed by atoms with Gasteiger partial charge in [0.2, 0.25) is 0 Å². The number of hydrogen-bond donors (Lipinski definition) is 2. The first kappa shape index (κ1) is 25.9. The molecule has 3 heterocycles. The van der Waals surface area contributed by atoms with Crippen molar-refractivity contribution < 1.29 is 23.6 Å². The molecule has 1 fully saturated rings. The smallest absolute Gasteiger partial charge is 0.295 e. The first-order valence-corrected chi connectivity index (χ1v) is 13.0. The topological polar surface area (TPSA) is 115 Å². The van der Waals surface area contributed by atoms with Gasteiger partial charge in [-0.3, -0.25) is 19.2 Å². The molecule has 3 amide bonds. The summed E-state index contributed by atoms with van der Waals surface area (Å²) in [5, 5.41) is 4.25. The van der Waals surface area contributed by atoms with Crippen LogP contribution in [0.15, 0.2) is 85.2 Å². The van der Waals surface area contributed by atoms with Crippen molar-refractivity contribution in [3.63, 3.8) is 0 Å². The molecule has 2 aromatic heterocycles. The van der Waals surface area contributed by atoms with Crippen LogP contribution in [0, 0.1) is 5.82 Å². The van der Waals surface area contributed by atoms with Gasteiger partial charge in [0.05, 0.1) is 16.6 Å². The SMILES string of the molecule is O=C(Nc1nccc2ccccc12)c1ccc(F)c2c(C(=O)C(=O)N3CCN(C(=O)c4ccccc4)CC3)c[nH]c12. The number of halogens is 1. The summed E-state index contributed by atoms with van der Waals surface area (Å²) in [6.07, 6.45) is 2.82. The summed E-state index contributed by atoms with van der Waals surface area (Å²) in [7, 11) is 0. The lowest BCUT2D eigenvalue weighted by Gasteiger charge is -2.34. The highest BCUT2D eigenvalue weighted by atomic mass is 19.1. The predicted molar refractivity (Wildman–Crippen MR) is 151 cm³/mol. The number of pyridine rings is 1. The summed E-state index contributed by atoms with van der Waals surface area (Å²) in [5.41, 5.74) is 0.574. The van der Waals surface area contributed by atoms with Gasteiger partial charge in [0.25, 0.3) is 23.5 Å². The van der Waals surface area contributed by atoms with Gasteiger partial charge in [0, 0.05) is 54.9 Å². The van der Waals surface area contributed by atoms with Gasteiger partial charge in [-0.25, -0.2) is 9.37 Å². The second-order valence-corrected chi connectivity index (χ2v) is 9.66. The molecule has 0 bridgehead atoms. The number of benzene rings is 3. The van der Waals surface area contributed by atoms with Crippen LogP contribution in [0.1, 0.15) is 31.1 Å². The van der Waals surface area contributed by atoms with E-state index in [2.05, 4.69) is 15.3 Å². The lowest BCUT2D eigenvalue weighted by molar-refractivity contribution is -0.127. The van der Waals surface area contributed by atoms with Gasteiger partial charge in [0.1, 0.15) is 11.6 Å². The van der Waals surface area contributed by atoms with Crippen molar-refractivity contribution in [2.45, 2.75) is 0 Å². The molecule has 1 aliphatic heterocycles. The van der Waals surface area contributed by atoms with E-state index in [-0.39, 0.29) is 54.1 Å². The normalized spacial score (nSPS) is 13.4. The lowest BCUT2D eigenvalue weighted by Crippen LogP contribution is -2.52. The highest BCUT2D eigenvalue weighted by Crippen LogP contribution is 2.28. The van der Waals surface area contributed by atoms with Crippen LogP contribution in [0.5, 0.6) is 0 Å². The monoisotopic (exact) mass is 549 g/mol. The van der Waals surface area contributed by atoms with E-state index in [0.717, 1.165) is 16.8 Å². The second-order valence-electron chi connectivity index (χ2n) is 9.66. The van der Waals surface area contributed by atoms with E-state index in [1.807, 2.05) is 36.4 Å². The Morgan fingerprint density at radius 3 is 2.29 bits per heavy atom. The quantitative estimate of drug-likeness (QED) is 0.251. The van der Waals surface area contributed by atoms with Gasteiger partial charge >= 0.3 is 0 Å². The number of carbonyl (C=O) groups excluding carboxylic acids is 4. The van der Waals surface area contributed by atoms with Crippen molar-refractivity contribution >= 4 is 51.0 Å². The van der Waals surface area contributed by atoms with Crippen LogP contribution >= 0.6 is 0 Å². The van der Waals surface area contributed by atoms with Gasteiger partial charge in [-0.05, 0) is 35.7 Å². The van der Waals surface area contributed by atoms with Crippen LogP contribution in [-0.4, -0.2) is 69.5 Å². The van der Waals surface area contributed by atoms with Gasteiger partial charge < -0.3 is 20.1 Å². The third kappa shape index (κ3) is 4.80. The number of amides is 3. The van der Waals surface area contributed by atoms with Crippen molar-refractivity contribution in [1.29, 1.82) is 0 Å². The molecule has 6 rings (SSSR count). The summed E-state index contributed by atoms with van der Waals surface area (Å²) < 4.78 is 15.0. The van der Waals surface area contributed by atoms with E-state index in [0.29, 0.717) is 11.4 Å². The molecule has 9 nitrogen and oxygen atoms in total. The maximum atomic E-state index is 15.0. The molecule has 5 aromatic rings. The fraction of sp³-hybridized carbons (Fsp3) is 0.129. The molecule has 0 spiro atoms. The Kier molecular flexibility index (Phi) is 6.72. The minimum atomic E-state index is -0.897. The predicted octanol–water partition coefficient (Wildman–Crippen LogP) is 4.27. The number of aromatic amines is 1. The average Bonchev–Trinajstić information content (AvgIpc) is 3.47. The zero-order valence-corrected chi connectivity index (χ0v) is 21.8. The maximum absolute atomic E-state index is 15.0. The summed E-state index contributed by atoms with van der Waals surface area (Å²) in [6.45, 7) is 0.863. The van der Waals surface area contributed by atoms with Crippen LogP contribution in [0.25, 0.3) is 21.7 Å². The number of carbonyl (C=O) groups is 4. The van der Waals surface area contributed by atoms with Crippen LogP contribution in [0.3, 0.4) is 0 Å². The van der Waals surface area contributed by atoms with Crippen molar-refractivity contribution in [2.75, 3.05) is 31.5 Å². The van der Waals surface area contributed by atoms with Gasteiger partial charge in [-0.15, -0.1) is 0 Å². The fourth-order valence-corrected chi connectivity index (χ4v) is 5.10. The molecule has 2 N–H and O–H groups in total. The highest BCUT2D eigenvalue weighted by Gasteiger charge is 2.31. The van der Waals surface area contributed by atoms with Gasteiger partial charge in [-0.1, -0.05) is 42.5 Å². The van der Waals surface area contributed by atoms with Crippen LogP contribution < -0.4 is 5.32 Å². The number of nitrogens with one attached hydrogen (secondary N) is 2. The van der Waals surface area contributed by atoms with E-state index in [9.17, 15) is 19.2 Å². The first-order chi connectivity index (χ1) is 19.9. The molecule has 0 unspecified atom stereocenters. The summed E-state index contributed by atoms with van der Waals surface area (Å²) in [6, 6.07) is 20.5. The molecule has 0 atom stereocenters. The standard InChI is InChI=1S/C31H24FN5O4/c32-24-11-10-22(29(39)35-28-21-9-5-4-6-19(21)12-13-33-28)26-25(24)23(18-34-26)27(38)31(41)37-16-14-36(15-17-37)30(40)20-7-2-1-3-8-20/h1-13,18,34H,14-17H2,(H,33,35,39). The van der Waals surface area contributed by atoms with Crippen molar-refractivity contribution in [1.82, 2.24) is 19.8 Å². The van der Waals surface area contributed by atoms with Crippen molar-refractivity contribution in [2.24, 2.45) is 0 Å².